The van der Waals surface area contributed by atoms with E-state index < -0.39 is 0 Å². The van der Waals surface area contributed by atoms with Crippen LogP contribution in [0.3, 0.4) is 0 Å². The molecule has 0 aliphatic carbocycles. The van der Waals surface area contributed by atoms with Crippen molar-refractivity contribution >= 4 is 86.3 Å². The fraction of sp³-hybridized carbons (Fsp3) is 0. The lowest BCUT2D eigenvalue weighted by atomic mass is 10.0. The van der Waals surface area contributed by atoms with Crippen LogP contribution >= 0.6 is 11.3 Å². The molecular weight excluding hydrogens is 677 g/mol. The van der Waals surface area contributed by atoms with Crippen molar-refractivity contribution in [1.82, 2.24) is 9.13 Å². The molecule has 12 aromatic rings. The Balaban J connectivity index is 0.871. The Morgan fingerprint density at radius 3 is 1.24 bits per heavy atom. The van der Waals surface area contributed by atoms with Crippen LogP contribution in [0, 0.1) is 0 Å². The Labute approximate surface area is 314 Å². The minimum absolute atomic E-state index is 0.923. The topological polar surface area (TPSA) is 23.0 Å². The highest BCUT2D eigenvalue weighted by atomic mass is 32.1. The van der Waals surface area contributed by atoms with Gasteiger partial charge in [0.1, 0.15) is 5.58 Å². The molecule has 0 atom stereocenters. The van der Waals surface area contributed by atoms with E-state index in [2.05, 4.69) is 191 Å². The van der Waals surface area contributed by atoms with Gasteiger partial charge in [-0.05, 0) is 95.1 Å². The molecule has 3 nitrogen and oxygen atoms in total. The van der Waals surface area contributed by atoms with Crippen LogP contribution in [0.5, 0.6) is 0 Å². The molecule has 4 aromatic heterocycles. The molecule has 0 bridgehead atoms. The molecule has 0 N–H and O–H groups in total. The number of thiophene rings is 1. The highest BCUT2D eigenvalue weighted by Crippen LogP contribution is 2.43. The molecule has 0 amide bonds. The van der Waals surface area contributed by atoms with Crippen molar-refractivity contribution in [3.63, 3.8) is 0 Å². The summed E-state index contributed by atoms with van der Waals surface area (Å²) in [4.78, 5) is 0. The molecule has 252 valence electrons. The van der Waals surface area contributed by atoms with E-state index >= 15 is 0 Å². The van der Waals surface area contributed by atoms with E-state index in [1.807, 2.05) is 11.3 Å². The summed E-state index contributed by atoms with van der Waals surface area (Å²) in [7, 11) is 0. The maximum absolute atomic E-state index is 6.62. The third-order valence-electron chi connectivity index (χ3n) is 11.2. The maximum Gasteiger partial charge on any atom is 0.154 e. The Bertz CT molecular complexity index is 3090. The lowest BCUT2D eigenvalue weighted by Gasteiger charge is -2.09. The fourth-order valence-corrected chi connectivity index (χ4v) is 9.82. The molecule has 0 spiro atoms. The lowest BCUT2D eigenvalue weighted by Crippen LogP contribution is -1.93. The molecule has 0 saturated carbocycles. The first kappa shape index (κ1) is 29.7. The normalized spacial score (nSPS) is 12.1. The Morgan fingerprint density at radius 2 is 0.759 bits per heavy atom. The summed E-state index contributed by atoms with van der Waals surface area (Å²) in [6.45, 7) is 0. The van der Waals surface area contributed by atoms with Crippen molar-refractivity contribution in [2.24, 2.45) is 0 Å². The minimum Gasteiger partial charge on any atom is -0.454 e. The van der Waals surface area contributed by atoms with E-state index in [-0.39, 0.29) is 0 Å². The molecule has 0 unspecified atom stereocenters. The van der Waals surface area contributed by atoms with Gasteiger partial charge in [-0.25, -0.2) is 0 Å². The van der Waals surface area contributed by atoms with E-state index in [0.717, 1.165) is 38.9 Å². The smallest absolute Gasteiger partial charge is 0.154 e. The van der Waals surface area contributed by atoms with E-state index in [1.54, 1.807) is 0 Å². The van der Waals surface area contributed by atoms with Gasteiger partial charge in [-0.15, -0.1) is 11.3 Å². The van der Waals surface area contributed by atoms with Crippen molar-refractivity contribution in [1.29, 1.82) is 0 Å². The quantitative estimate of drug-likeness (QED) is 0.179. The number of furan rings is 1. The molecular formula is C50H30N2OS. The molecule has 0 radical (unpaired) electrons. The second-order valence-corrected chi connectivity index (χ2v) is 15.2. The Kier molecular flexibility index (Phi) is 6.21. The van der Waals surface area contributed by atoms with E-state index in [1.165, 1.54) is 69.7 Å². The second kappa shape index (κ2) is 11.3. The van der Waals surface area contributed by atoms with Crippen molar-refractivity contribution in [2.45, 2.75) is 0 Å². The predicted molar refractivity (Wildman–Crippen MR) is 229 cm³/mol. The van der Waals surface area contributed by atoms with Crippen LogP contribution in [0.15, 0.2) is 186 Å². The summed E-state index contributed by atoms with van der Waals surface area (Å²) < 4.78 is 13.8. The Morgan fingerprint density at radius 1 is 0.352 bits per heavy atom. The Hall–Kier alpha value is -6.88. The number of hydrogen-bond acceptors (Lipinski definition) is 2. The molecule has 8 aromatic carbocycles. The number of para-hydroxylation sites is 4. The SMILES string of the molecule is c1ccc2c(c1)c1ccccc1n2-c1ccc(-c2ccc3c(c2)oc2c4ccc(-c5ccc(-n6c7ccccc7c7ccccc76)cc5)cc4sc32)cc1. The third kappa shape index (κ3) is 4.29. The van der Waals surface area contributed by atoms with Gasteiger partial charge in [0, 0.05) is 48.4 Å². The standard InChI is InChI=1S/C50H30N2OS/c1-5-13-43-37(9-1)38-10-2-6-14-44(38)51(43)35-23-17-31(18-24-35)33-21-27-41-47(29-33)53-49-42-28-22-34(30-48(42)54-50(41)49)32-19-25-36(26-20-32)52-45-15-7-3-11-39(45)40-12-4-8-16-46(40)52/h1-30H. The lowest BCUT2D eigenvalue weighted by molar-refractivity contribution is 0.673. The van der Waals surface area contributed by atoms with Crippen LogP contribution in [0.25, 0.3) is 109 Å². The molecule has 4 heteroatoms. The average Bonchev–Trinajstić information content (AvgIpc) is 3.97. The van der Waals surface area contributed by atoms with Crippen LogP contribution in [0.2, 0.25) is 0 Å². The summed E-state index contributed by atoms with van der Waals surface area (Å²) in [6.07, 6.45) is 0. The molecule has 12 rings (SSSR count). The van der Waals surface area contributed by atoms with Gasteiger partial charge in [0.25, 0.3) is 0 Å². The molecule has 0 aliphatic rings. The highest BCUT2D eigenvalue weighted by Gasteiger charge is 2.17. The minimum atomic E-state index is 0.923. The van der Waals surface area contributed by atoms with Gasteiger partial charge in [-0.3, -0.25) is 0 Å². The first-order valence-electron chi connectivity index (χ1n) is 18.3. The van der Waals surface area contributed by atoms with Crippen LogP contribution in [0.4, 0.5) is 0 Å². The van der Waals surface area contributed by atoms with Crippen LogP contribution in [-0.4, -0.2) is 9.13 Å². The van der Waals surface area contributed by atoms with Crippen LogP contribution < -0.4 is 0 Å². The van der Waals surface area contributed by atoms with Crippen molar-refractivity contribution in [2.75, 3.05) is 0 Å². The number of rotatable bonds is 4. The number of nitrogens with zero attached hydrogens (tertiary/aromatic N) is 2. The summed E-state index contributed by atoms with van der Waals surface area (Å²) in [5.74, 6) is 0. The zero-order valence-electron chi connectivity index (χ0n) is 29.0. The zero-order valence-corrected chi connectivity index (χ0v) is 29.8. The van der Waals surface area contributed by atoms with Gasteiger partial charge in [0.05, 0.1) is 26.8 Å². The summed E-state index contributed by atoms with van der Waals surface area (Å²) in [5.41, 5.74) is 13.8. The summed E-state index contributed by atoms with van der Waals surface area (Å²) >= 11 is 1.81. The van der Waals surface area contributed by atoms with Gasteiger partial charge >= 0.3 is 0 Å². The highest BCUT2D eigenvalue weighted by molar-refractivity contribution is 7.26. The predicted octanol–water partition coefficient (Wildman–Crippen LogP) is 14.3. The maximum atomic E-state index is 6.62. The monoisotopic (exact) mass is 706 g/mol. The first-order valence-corrected chi connectivity index (χ1v) is 19.2. The summed E-state index contributed by atoms with van der Waals surface area (Å²) in [5, 5.41) is 7.42. The molecule has 0 fully saturated rings. The fourth-order valence-electron chi connectivity index (χ4n) is 8.62. The molecule has 54 heavy (non-hydrogen) atoms. The van der Waals surface area contributed by atoms with Gasteiger partial charge in [0.2, 0.25) is 0 Å². The number of fused-ring (bicyclic) bond motifs is 11. The van der Waals surface area contributed by atoms with E-state index in [9.17, 15) is 0 Å². The van der Waals surface area contributed by atoms with Gasteiger partial charge in [-0.2, -0.15) is 0 Å². The second-order valence-electron chi connectivity index (χ2n) is 14.1. The third-order valence-corrected chi connectivity index (χ3v) is 12.3. The van der Waals surface area contributed by atoms with Crippen LogP contribution in [0.1, 0.15) is 0 Å². The van der Waals surface area contributed by atoms with E-state index in [4.69, 9.17) is 4.42 Å². The number of benzene rings is 8. The van der Waals surface area contributed by atoms with Gasteiger partial charge < -0.3 is 13.6 Å². The van der Waals surface area contributed by atoms with Crippen molar-refractivity contribution in [3.8, 4) is 33.6 Å². The zero-order chi connectivity index (χ0) is 35.3. The van der Waals surface area contributed by atoms with Gasteiger partial charge in [0.15, 0.2) is 5.58 Å². The largest absolute Gasteiger partial charge is 0.454 e. The molecule has 4 heterocycles. The number of aromatic nitrogens is 2. The summed E-state index contributed by atoms with van der Waals surface area (Å²) in [6, 6.07) is 65.8. The average molecular weight is 707 g/mol. The number of hydrogen-bond donors (Lipinski definition) is 0. The van der Waals surface area contributed by atoms with Crippen molar-refractivity contribution < 1.29 is 4.42 Å². The van der Waals surface area contributed by atoms with E-state index in [0.29, 0.717) is 0 Å². The first-order chi connectivity index (χ1) is 26.8. The van der Waals surface area contributed by atoms with Crippen molar-refractivity contribution in [3.05, 3.63) is 182 Å². The van der Waals surface area contributed by atoms with Gasteiger partial charge in [-0.1, -0.05) is 109 Å². The van der Waals surface area contributed by atoms with Crippen LogP contribution in [-0.2, 0) is 0 Å². The molecule has 0 saturated heterocycles. The molecule has 0 aliphatic heterocycles.